The van der Waals surface area contributed by atoms with Crippen LogP contribution in [-0.4, -0.2) is 46.3 Å². The first-order chi connectivity index (χ1) is 8.56. The maximum Gasteiger partial charge on any atom is 0.257 e. The van der Waals surface area contributed by atoms with E-state index in [2.05, 4.69) is 0 Å². The minimum atomic E-state index is -1.04. The van der Waals surface area contributed by atoms with Crippen LogP contribution in [-0.2, 0) is 0 Å². The summed E-state index contributed by atoms with van der Waals surface area (Å²) >= 11 is 0. The van der Waals surface area contributed by atoms with Crippen molar-refractivity contribution in [3.63, 3.8) is 0 Å². The topological polar surface area (TPSA) is 73.9 Å². The lowest BCUT2D eigenvalue weighted by molar-refractivity contribution is -0.0250. The first kappa shape index (κ1) is 13.1. The summed E-state index contributed by atoms with van der Waals surface area (Å²) in [5.41, 5.74) is -0.468. The summed E-state index contributed by atoms with van der Waals surface area (Å²) in [5, 5.41) is 19.2. The predicted octanol–water partition coefficient (Wildman–Crippen LogP) is 0.938. The summed E-state index contributed by atoms with van der Waals surface area (Å²) in [7, 11) is 0. The second-order valence-corrected chi connectivity index (χ2v) is 4.92. The molecule has 5 nitrogen and oxygen atoms in total. The molecule has 0 radical (unpaired) electrons. The van der Waals surface area contributed by atoms with Gasteiger partial charge in [-0.05, 0) is 32.3 Å². The molecule has 2 rings (SSSR count). The normalized spacial score (nSPS) is 24.9. The number of hydrogen-bond donors (Lipinski definition) is 2. The lowest BCUT2D eigenvalue weighted by atomic mass is 9.96. The van der Waals surface area contributed by atoms with E-state index in [9.17, 15) is 9.90 Å². The highest BCUT2D eigenvalue weighted by atomic mass is 16.3. The Hall–Kier alpha value is -1.33. The van der Waals surface area contributed by atoms with E-state index in [1.807, 2.05) is 0 Å². The Balaban J connectivity index is 2.07. The molecular formula is C13H19NO4. The maximum absolute atomic E-state index is 12.3. The van der Waals surface area contributed by atoms with E-state index >= 15 is 0 Å². The molecule has 0 aliphatic carbocycles. The zero-order valence-electron chi connectivity index (χ0n) is 10.6. The lowest BCUT2D eigenvalue weighted by Crippen LogP contribution is -2.36. The molecule has 1 amide bonds. The molecule has 0 unspecified atom stereocenters. The Morgan fingerprint density at radius 3 is 2.89 bits per heavy atom. The van der Waals surface area contributed by atoms with Crippen LogP contribution in [0.2, 0.25) is 0 Å². The van der Waals surface area contributed by atoms with Crippen LogP contribution in [0.1, 0.15) is 35.4 Å². The van der Waals surface area contributed by atoms with Crippen molar-refractivity contribution in [1.82, 2.24) is 4.90 Å². The average molecular weight is 253 g/mol. The van der Waals surface area contributed by atoms with Crippen molar-refractivity contribution in [3.8, 4) is 0 Å². The van der Waals surface area contributed by atoms with Gasteiger partial charge < -0.3 is 19.5 Å². The van der Waals surface area contributed by atoms with Crippen LogP contribution in [0.5, 0.6) is 0 Å². The largest absolute Gasteiger partial charge is 0.469 e. The summed E-state index contributed by atoms with van der Waals surface area (Å²) in [6.07, 6.45) is 3.13. The molecule has 1 atom stereocenters. The molecule has 1 saturated heterocycles. The maximum atomic E-state index is 12.3. The van der Waals surface area contributed by atoms with Gasteiger partial charge >= 0.3 is 0 Å². The Bertz CT molecular complexity index is 428. The predicted molar refractivity (Wildman–Crippen MR) is 65.2 cm³/mol. The van der Waals surface area contributed by atoms with Gasteiger partial charge in [-0.1, -0.05) is 0 Å². The fourth-order valence-corrected chi connectivity index (χ4v) is 2.32. The van der Waals surface area contributed by atoms with Crippen molar-refractivity contribution in [1.29, 1.82) is 0 Å². The van der Waals surface area contributed by atoms with Gasteiger partial charge in [0.25, 0.3) is 5.91 Å². The monoisotopic (exact) mass is 253 g/mol. The van der Waals surface area contributed by atoms with E-state index in [-0.39, 0.29) is 12.5 Å². The van der Waals surface area contributed by atoms with E-state index in [0.29, 0.717) is 43.7 Å². The summed E-state index contributed by atoms with van der Waals surface area (Å²) in [6, 6.07) is 1.67. The molecule has 5 heteroatoms. The second-order valence-electron chi connectivity index (χ2n) is 4.92. The van der Waals surface area contributed by atoms with Gasteiger partial charge in [-0.15, -0.1) is 0 Å². The number of carbonyl (C=O) groups excluding carboxylic acids is 1. The van der Waals surface area contributed by atoms with Gasteiger partial charge in [0.2, 0.25) is 0 Å². The number of amides is 1. The van der Waals surface area contributed by atoms with Gasteiger partial charge in [0, 0.05) is 13.1 Å². The smallest absolute Gasteiger partial charge is 0.257 e. The highest BCUT2D eigenvalue weighted by Gasteiger charge is 2.31. The molecular weight excluding hydrogens is 234 g/mol. The van der Waals surface area contributed by atoms with Gasteiger partial charge in [-0.2, -0.15) is 0 Å². The molecule has 1 aromatic rings. The minimum Gasteiger partial charge on any atom is -0.469 e. The van der Waals surface area contributed by atoms with Crippen molar-refractivity contribution in [2.75, 3.05) is 19.7 Å². The van der Waals surface area contributed by atoms with Crippen LogP contribution in [0.15, 0.2) is 16.7 Å². The third-order valence-corrected chi connectivity index (χ3v) is 3.59. The standard InChI is InChI=1S/C13H19NO4/c1-10-11(3-8-18-10)12(16)14-6-2-4-13(17,9-15)5-7-14/h3,8,15,17H,2,4-7,9H2,1H3/t13-/m0/s1. The number of rotatable bonds is 2. The molecule has 0 spiro atoms. The fourth-order valence-electron chi connectivity index (χ4n) is 2.32. The number of furan rings is 1. The molecule has 1 aliphatic heterocycles. The molecule has 2 heterocycles. The summed E-state index contributed by atoms with van der Waals surface area (Å²) < 4.78 is 5.13. The van der Waals surface area contributed by atoms with E-state index in [1.54, 1.807) is 17.9 Å². The number of aryl methyl sites for hydroxylation is 1. The van der Waals surface area contributed by atoms with Crippen molar-refractivity contribution in [2.24, 2.45) is 0 Å². The van der Waals surface area contributed by atoms with Crippen LogP contribution < -0.4 is 0 Å². The third kappa shape index (κ3) is 2.57. The first-order valence-corrected chi connectivity index (χ1v) is 6.22. The Kier molecular flexibility index (Phi) is 3.73. The van der Waals surface area contributed by atoms with Gasteiger partial charge in [-0.25, -0.2) is 0 Å². The second kappa shape index (κ2) is 5.12. The molecule has 100 valence electrons. The number of hydrogen-bond acceptors (Lipinski definition) is 4. The molecule has 0 bridgehead atoms. The van der Waals surface area contributed by atoms with Crippen molar-refractivity contribution in [2.45, 2.75) is 31.8 Å². The van der Waals surface area contributed by atoms with Gasteiger partial charge in [0.1, 0.15) is 5.76 Å². The van der Waals surface area contributed by atoms with E-state index < -0.39 is 5.60 Å². The highest BCUT2D eigenvalue weighted by molar-refractivity contribution is 5.95. The minimum absolute atomic E-state index is 0.0663. The van der Waals surface area contributed by atoms with E-state index in [1.165, 1.54) is 6.26 Å². The van der Waals surface area contributed by atoms with Gasteiger partial charge in [0.15, 0.2) is 0 Å². The summed E-state index contributed by atoms with van der Waals surface area (Å²) in [6.45, 7) is 2.57. The van der Waals surface area contributed by atoms with Gasteiger partial charge in [-0.3, -0.25) is 4.79 Å². The van der Waals surface area contributed by atoms with Crippen molar-refractivity contribution < 1.29 is 19.4 Å². The number of carbonyl (C=O) groups is 1. The first-order valence-electron chi connectivity index (χ1n) is 6.22. The van der Waals surface area contributed by atoms with Crippen LogP contribution in [0.3, 0.4) is 0 Å². The molecule has 0 aromatic carbocycles. The zero-order chi connectivity index (χ0) is 13.2. The van der Waals surface area contributed by atoms with E-state index in [4.69, 9.17) is 9.52 Å². The zero-order valence-corrected chi connectivity index (χ0v) is 10.6. The number of nitrogens with zero attached hydrogens (tertiary/aromatic N) is 1. The van der Waals surface area contributed by atoms with Crippen LogP contribution in [0, 0.1) is 6.92 Å². The van der Waals surface area contributed by atoms with E-state index in [0.717, 1.165) is 0 Å². The number of aliphatic hydroxyl groups excluding tert-OH is 1. The highest BCUT2D eigenvalue weighted by Crippen LogP contribution is 2.23. The average Bonchev–Trinajstić information content (AvgIpc) is 2.68. The molecule has 1 fully saturated rings. The summed E-state index contributed by atoms with van der Waals surface area (Å²) in [5.74, 6) is 0.546. The van der Waals surface area contributed by atoms with Crippen molar-refractivity contribution >= 4 is 5.91 Å². The SMILES string of the molecule is Cc1occc1C(=O)N1CCC[C@@](O)(CO)CC1. The quantitative estimate of drug-likeness (QED) is 0.822. The Morgan fingerprint density at radius 2 is 2.28 bits per heavy atom. The third-order valence-electron chi connectivity index (χ3n) is 3.59. The number of likely N-dealkylation sites (tertiary alicyclic amines) is 1. The number of aliphatic hydroxyl groups is 2. The van der Waals surface area contributed by atoms with Crippen LogP contribution >= 0.6 is 0 Å². The molecule has 2 N–H and O–H groups in total. The van der Waals surface area contributed by atoms with Crippen LogP contribution in [0.4, 0.5) is 0 Å². The summed E-state index contributed by atoms with van der Waals surface area (Å²) in [4.78, 5) is 14.0. The lowest BCUT2D eigenvalue weighted by Gasteiger charge is -2.24. The molecule has 1 aliphatic rings. The molecule has 18 heavy (non-hydrogen) atoms. The van der Waals surface area contributed by atoms with Gasteiger partial charge in [0.05, 0.1) is 24.0 Å². The Morgan fingerprint density at radius 1 is 1.50 bits per heavy atom. The Labute approximate surface area is 106 Å². The molecule has 1 aromatic heterocycles. The fraction of sp³-hybridized carbons (Fsp3) is 0.615. The van der Waals surface area contributed by atoms with Crippen LogP contribution in [0.25, 0.3) is 0 Å². The van der Waals surface area contributed by atoms with Crippen molar-refractivity contribution in [3.05, 3.63) is 23.7 Å². The molecule has 0 saturated carbocycles.